The summed E-state index contributed by atoms with van der Waals surface area (Å²) in [6, 6.07) is 0. The summed E-state index contributed by atoms with van der Waals surface area (Å²) < 4.78 is 36.2. The van der Waals surface area contributed by atoms with Gasteiger partial charge >= 0.3 is 24.2 Å². The molecule has 2 aliphatic heterocycles. The lowest BCUT2D eigenvalue weighted by Gasteiger charge is -2.46. The monoisotopic (exact) mass is 414 g/mol. The third-order valence-corrected chi connectivity index (χ3v) is 3.94. The van der Waals surface area contributed by atoms with Crippen LogP contribution in [0.1, 0.15) is 20.8 Å². The summed E-state index contributed by atoms with van der Waals surface area (Å²) in [7, 11) is 0. The van der Waals surface area contributed by atoms with Crippen LogP contribution >= 0.6 is 0 Å². The molecule has 0 aromatic heterocycles. The van der Waals surface area contributed by atoms with E-state index in [9.17, 15) is 19.2 Å². The second kappa shape index (κ2) is 8.95. The molecule has 0 amide bonds. The van der Waals surface area contributed by atoms with Gasteiger partial charge in [0.15, 0.2) is 6.10 Å². The van der Waals surface area contributed by atoms with Gasteiger partial charge in [-0.2, -0.15) is 0 Å². The third-order valence-electron chi connectivity index (χ3n) is 3.94. The summed E-state index contributed by atoms with van der Waals surface area (Å²) in [4.78, 5) is 47.8. The van der Waals surface area contributed by atoms with E-state index in [1.807, 2.05) is 0 Å². The van der Waals surface area contributed by atoms with Gasteiger partial charge in [0, 0.05) is 17.8 Å². The average Bonchev–Trinajstić information content (AvgIpc) is 2.65. The van der Waals surface area contributed by atoms with Crippen LogP contribution in [-0.2, 0) is 42.7 Å². The molecule has 0 aromatic carbocycles. The average molecular weight is 414 g/mol. The summed E-state index contributed by atoms with van der Waals surface area (Å²) in [5.41, 5.74) is 0.127. The van der Waals surface area contributed by atoms with E-state index in [1.165, 1.54) is 13.8 Å². The Morgan fingerprint density at radius 3 is 2.21 bits per heavy atom. The van der Waals surface area contributed by atoms with Crippen molar-refractivity contribution in [3.8, 4) is 0 Å². The minimum atomic E-state index is -2.16. The maximum atomic E-state index is 12.1. The lowest BCUT2D eigenvalue weighted by Crippen LogP contribution is -2.68. The normalized spacial score (nSPS) is 28.7. The largest absolute Gasteiger partial charge is 0.511 e. The molecular weight excluding hydrogens is 392 g/mol. The first-order chi connectivity index (χ1) is 13.6. The highest BCUT2D eigenvalue weighted by Crippen LogP contribution is 2.36. The van der Waals surface area contributed by atoms with E-state index < -0.39 is 61.6 Å². The first-order valence-electron chi connectivity index (χ1n) is 8.66. The Labute approximate surface area is 166 Å². The Morgan fingerprint density at radius 1 is 1.03 bits per heavy atom. The van der Waals surface area contributed by atoms with Crippen LogP contribution in [0.2, 0.25) is 0 Å². The fourth-order valence-corrected chi connectivity index (χ4v) is 2.63. The van der Waals surface area contributed by atoms with Gasteiger partial charge in [0.2, 0.25) is 12.2 Å². The molecule has 0 spiro atoms. The Hall–Kier alpha value is -3.08. The van der Waals surface area contributed by atoms with Gasteiger partial charge in [-0.1, -0.05) is 13.2 Å². The fraction of sp³-hybridized carbons (Fsp3) is 0.556. The SMILES string of the molecule is C=C(C)C(=O)OC1COC(=O)OC1C1(OCC)OC(=O)OCC1OC(=O)C(=C)C. The van der Waals surface area contributed by atoms with E-state index >= 15 is 0 Å². The first-order valence-corrected chi connectivity index (χ1v) is 8.66. The molecule has 4 atom stereocenters. The molecule has 4 unspecified atom stereocenters. The minimum absolute atomic E-state index is 0.0511. The van der Waals surface area contributed by atoms with E-state index in [1.54, 1.807) is 6.92 Å². The second-order valence-corrected chi connectivity index (χ2v) is 6.32. The van der Waals surface area contributed by atoms with Gasteiger partial charge in [-0.15, -0.1) is 0 Å². The van der Waals surface area contributed by atoms with Gasteiger partial charge in [0.25, 0.3) is 5.79 Å². The van der Waals surface area contributed by atoms with E-state index in [-0.39, 0.29) is 17.8 Å². The molecule has 0 radical (unpaired) electrons. The summed E-state index contributed by atoms with van der Waals surface area (Å²) in [6.45, 7) is 10.4. The number of ether oxygens (including phenoxy) is 7. The van der Waals surface area contributed by atoms with Crippen molar-refractivity contribution in [3.63, 3.8) is 0 Å². The molecule has 2 fully saturated rings. The van der Waals surface area contributed by atoms with Gasteiger partial charge in [0.05, 0.1) is 0 Å². The number of hydrogen-bond acceptors (Lipinski definition) is 11. The summed E-state index contributed by atoms with van der Waals surface area (Å²) >= 11 is 0. The Bertz CT molecular complexity index is 727. The molecule has 29 heavy (non-hydrogen) atoms. The van der Waals surface area contributed by atoms with Crippen LogP contribution in [-0.4, -0.2) is 68.2 Å². The number of cyclic esters (lactones) is 4. The van der Waals surface area contributed by atoms with Crippen molar-refractivity contribution in [1.82, 2.24) is 0 Å². The minimum Gasteiger partial charge on any atom is -0.451 e. The molecule has 0 bridgehead atoms. The highest BCUT2D eigenvalue weighted by atomic mass is 16.8. The highest BCUT2D eigenvalue weighted by Gasteiger charge is 2.63. The number of carbonyl (C=O) groups excluding carboxylic acids is 4. The highest BCUT2D eigenvalue weighted by molar-refractivity contribution is 5.87. The van der Waals surface area contributed by atoms with Gasteiger partial charge in [0.1, 0.15) is 13.2 Å². The number of rotatable bonds is 7. The topological polar surface area (TPSA) is 133 Å². The van der Waals surface area contributed by atoms with Crippen molar-refractivity contribution in [3.05, 3.63) is 24.3 Å². The van der Waals surface area contributed by atoms with Gasteiger partial charge < -0.3 is 33.2 Å². The predicted molar refractivity (Wildman–Crippen MR) is 92.4 cm³/mol. The van der Waals surface area contributed by atoms with E-state index in [0.29, 0.717) is 0 Å². The van der Waals surface area contributed by atoms with Crippen molar-refractivity contribution in [2.24, 2.45) is 0 Å². The smallest absolute Gasteiger partial charge is 0.451 e. The van der Waals surface area contributed by atoms with Crippen LogP contribution in [0.4, 0.5) is 9.59 Å². The molecule has 2 heterocycles. The fourth-order valence-electron chi connectivity index (χ4n) is 2.63. The summed E-state index contributed by atoms with van der Waals surface area (Å²) in [5.74, 6) is -3.79. The molecule has 2 saturated heterocycles. The zero-order valence-electron chi connectivity index (χ0n) is 16.3. The molecule has 2 aliphatic rings. The first kappa shape index (κ1) is 22.2. The van der Waals surface area contributed by atoms with Gasteiger partial charge in [-0.3, -0.25) is 0 Å². The maximum absolute atomic E-state index is 12.1. The molecular formula is C18H22O11. The Balaban J connectivity index is 2.46. The number of carbonyl (C=O) groups is 4. The Morgan fingerprint density at radius 2 is 1.62 bits per heavy atom. The lowest BCUT2D eigenvalue weighted by molar-refractivity contribution is -0.344. The zero-order valence-corrected chi connectivity index (χ0v) is 16.3. The lowest BCUT2D eigenvalue weighted by atomic mass is 9.96. The molecule has 0 saturated carbocycles. The van der Waals surface area contributed by atoms with Crippen LogP contribution in [0.5, 0.6) is 0 Å². The molecule has 11 heteroatoms. The van der Waals surface area contributed by atoms with Crippen LogP contribution in [0.15, 0.2) is 24.3 Å². The zero-order chi connectivity index (χ0) is 21.8. The molecule has 160 valence electrons. The predicted octanol–water partition coefficient (Wildman–Crippen LogP) is 1.40. The molecule has 0 N–H and O–H groups in total. The molecule has 0 aromatic rings. The Kier molecular flexibility index (Phi) is 6.85. The number of hydrogen-bond donors (Lipinski definition) is 0. The molecule has 0 aliphatic carbocycles. The van der Waals surface area contributed by atoms with E-state index in [2.05, 4.69) is 13.2 Å². The van der Waals surface area contributed by atoms with E-state index in [0.717, 1.165) is 0 Å². The molecule has 11 nitrogen and oxygen atoms in total. The molecule has 2 rings (SSSR count). The van der Waals surface area contributed by atoms with Crippen molar-refractivity contribution in [2.75, 3.05) is 19.8 Å². The van der Waals surface area contributed by atoms with E-state index in [4.69, 9.17) is 33.2 Å². The second-order valence-electron chi connectivity index (χ2n) is 6.32. The summed E-state index contributed by atoms with van der Waals surface area (Å²) in [6.07, 6.45) is -6.44. The van der Waals surface area contributed by atoms with Crippen LogP contribution in [0, 0.1) is 0 Å². The van der Waals surface area contributed by atoms with Crippen LogP contribution in [0.3, 0.4) is 0 Å². The van der Waals surface area contributed by atoms with Crippen molar-refractivity contribution in [2.45, 2.75) is 44.9 Å². The standard InChI is InChI=1S/C18H22O11/c1-6-25-18(12(8-24-17(22)29-18)27-15(20)10(4)5)13-11(7-23-16(21)28-13)26-14(19)9(2)3/h11-13H,2,4,6-8H2,1,3,5H3. The summed E-state index contributed by atoms with van der Waals surface area (Å²) in [5, 5.41) is 0. The number of esters is 2. The van der Waals surface area contributed by atoms with Crippen LogP contribution < -0.4 is 0 Å². The van der Waals surface area contributed by atoms with Crippen molar-refractivity contribution < 1.29 is 52.3 Å². The maximum Gasteiger partial charge on any atom is 0.511 e. The third kappa shape index (κ3) is 4.86. The van der Waals surface area contributed by atoms with Gasteiger partial charge in [-0.25, -0.2) is 19.2 Å². The van der Waals surface area contributed by atoms with Gasteiger partial charge in [-0.05, 0) is 20.8 Å². The quantitative estimate of drug-likeness (QED) is 0.340. The van der Waals surface area contributed by atoms with Crippen molar-refractivity contribution in [1.29, 1.82) is 0 Å². The van der Waals surface area contributed by atoms with Crippen molar-refractivity contribution >= 4 is 24.2 Å². The van der Waals surface area contributed by atoms with Crippen LogP contribution in [0.25, 0.3) is 0 Å².